The Hall–Kier alpha value is -4.42. The number of ether oxygens (including phenoxy) is 1. The molecular formula is C25H19N3O5S. The zero-order chi connectivity index (χ0) is 24.3. The van der Waals surface area contributed by atoms with Crippen molar-refractivity contribution < 1.29 is 23.1 Å². The summed E-state index contributed by atoms with van der Waals surface area (Å²) in [5.41, 5.74) is 1.84. The van der Waals surface area contributed by atoms with Crippen LogP contribution < -0.4 is 9.46 Å². The highest BCUT2D eigenvalue weighted by Crippen LogP contribution is 2.28. The minimum atomic E-state index is -3.99. The molecule has 0 fully saturated rings. The average molecular weight is 474 g/mol. The van der Waals surface area contributed by atoms with Crippen molar-refractivity contribution >= 4 is 32.6 Å². The minimum absolute atomic E-state index is 0.100. The molecular weight excluding hydrogens is 454 g/mol. The van der Waals surface area contributed by atoms with Crippen LogP contribution in [0.5, 0.6) is 5.75 Å². The maximum Gasteiger partial charge on any atom is 0.354 e. The maximum absolute atomic E-state index is 13.4. The van der Waals surface area contributed by atoms with Gasteiger partial charge in [-0.25, -0.2) is 18.2 Å². The molecule has 2 N–H and O–H groups in total. The van der Waals surface area contributed by atoms with E-state index in [4.69, 9.17) is 9.84 Å². The predicted molar refractivity (Wildman–Crippen MR) is 127 cm³/mol. The molecule has 0 radical (unpaired) electrons. The SMILES string of the molecule is COc1cc(C(=O)O)ncc1C#Cc1ccccc1NS(=O)(=O)c1c(C)ccc2cccnc12. The van der Waals surface area contributed by atoms with Crippen LogP contribution in [0.2, 0.25) is 0 Å². The number of nitrogens with zero attached hydrogens (tertiary/aromatic N) is 2. The largest absolute Gasteiger partial charge is 0.495 e. The van der Waals surface area contributed by atoms with Crippen LogP contribution in [0.1, 0.15) is 27.2 Å². The number of carbonyl (C=O) groups is 1. The number of sulfonamides is 1. The second kappa shape index (κ2) is 9.21. The second-order valence-corrected chi connectivity index (χ2v) is 8.88. The summed E-state index contributed by atoms with van der Waals surface area (Å²) in [5, 5.41) is 9.82. The monoisotopic (exact) mass is 473 g/mol. The van der Waals surface area contributed by atoms with Crippen molar-refractivity contribution in [3.63, 3.8) is 0 Å². The molecule has 8 nitrogen and oxygen atoms in total. The van der Waals surface area contributed by atoms with Crippen molar-refractivity contribution in [1.82, 2.24) is 9.97 Å². The summed E-state index contributed by atoms with van der Waals surface area (Å²) in [6, 6.07) is 15.1. The van der Waals surface area contributed by atoms with Gasteiger partial charge >= 0.3 is 5.97 Å². The summed E-state index contributed by atoms with van der Waals surface area (Å²) in [5.74, 6) is 4.86. The van der Waals surface area contributed by atoms with Crippen molar-refractivity contribution in [2.75, 3.05) is 11.8 Å². The first-order valence-electron chi connectivity index (χ1n) is 10.1. The van der Waals surface area contributed by atoms with Gasteiger partial charge in [0.05, 0.1) is 23.9 Å². The Bertz CT molecular complexity index is 1590. The minimum Gasteiger partial charge on any atom is -0.495 e. The Morgan fingerprint density at radius 3 is 2.56 bits per heavy atom. The number of anilines is 1. The van der Waals surface area contributed by atoms with Crippen molar-refractivity contribution in [3.05, 3.63) is 89.4 Å². The van der Waals surface area contributed by atoms with E-state index in [2.05, 4.69) is 26.5 Å². The standard InChI is InChI=1S/C25H19N3O5S/c1-16-9-10-18-7-5-13-26-23(18)24(16)34(31,32)28-20-8-4-3-6-17(20)11-12-19-15-27-21(25(29)30)14-22(19)33-2/h3-10,13-15,28H,1-2H3,(H,29,30). The number of aromatic nitrogens is 2. The van der Waals surface area contributed by atoms with E-state index >= 15 is 0 Å². The third kappa shape index (κ3) is 4.53. The quantitative estimate of drug-likeness (QED) is 0.423. The summed E-state index contributed by atoms with van der Waals surface area (Å²) in [7, 11) is -2.59. The van der Waals surface area contributed by atoms with Crippen molar-refractivity contribution in [2.24, 2.45) is 0 Å². The number of hydrogen-bond donors (Lipinski definition) is 2. The van der Waals surface area contributed by atoms with E-state index in [9.17, 15) is 13.2 Å². The molecule has 4 aromatic rings. The van der Waals surface area contributed by atoms with Gasteiger partial charge in [0.2, 0.25) is 0 Å². The first-order chi connectivity index (χ1) is 16.3. The molecule has 0 saturated heterocycles. The summed E-state index contributed by atoms with van der Waals surface area (Å²) in [4.78, 5) is 19.4. The molecule has 9 heteroatoms. The normalized spacial score (nSPS) is 10.9. The van der Waals surface area contributed by atoms with E-state index in [1.165, 1.54) is 19.4 Å². The number of carboxylic acids is 1. The van der Waals surface area contributed by atoms with Crippen LogP contribution in [0, 0.1) is 18.8 Å². The number of aryl methyl sites for hydroxylation is 1. The molecule has 0 amide bonds. The highest BCUT2D eigenvalue weighted by atomic mass is 32.2. The zero-order valence-corrected chi connectivity index (χ0v) is 19.1. The predicted octanol–water partition coefficient (Wildman–Crippen LogP) is 3.85. The fraction of sp³-hybridized carbons (Fsp3) is 0.0800. The molecule has 34 heavy (non-hydrogen) atoms. The molecule has 0 atom stereocenters. The molecule has 0 aliphatic rings. The van der Waals surface area contributed by atoms with Gasteiger partial charge in [0.1, 0.15) is 10.6 Å². The average Bonchev–Trinajstić information content (AvgIpc) is 2.82. The van der Waals surface area contributed by atoms with Crippen LogP contribution in [0.15, 0.2) is 71.9 Å². The van der Waals surface area contributed by atoms with Crippen LogP contribution in [0.25, 0.3) is 10.9 Å². The first-order valence-corrected chi connectivity index (χ1v) is 11.5. The van der Waals surface area contributed by atoms with Gasteiger partial charge in [0.15, 0.2) is 5.69 Å². The number of nitrogens with one attached hydrogen (secondary N) is 1. The van der Waals surface area contributed by atoms with Gasteiger partial charge < -0.3 is 9.84 Å². The summed E-state index contributed by atoms with van der Waals surface area (Å²) in [6.07, 6.45) is 2.85. The van der Waals surface area contributed by atoms with Crippen LogP contribution in [0.3, 0.4) is 0 Å². The lowest BCUT2D eigenvalue weighted by Crippen LogP contribution is -2.16. The van der Waals surface area contributed by atoms with Gasteiger partial charge in [-0.3, -0.25) is 9.71 Å². The number of methoxy groups -OCH3 is 1. The van der Waals surface area contributed by atoms with Gasteiger partial charge in [0.25, 0.3) is 10.0 Å². The summed E-state index contributed by atoms with van der Waals surface area (Å²) >= 11 is 0. The summed E-state index contributed by atoms with van der Waals surface area (Å²) in [6.45, 7) is 1.72. The Morgan fingerprint density at radius 2 is 1.79 bits per heavy atom. The number of benzene rings is 2. The van der Waals surface area contributed by atoms with E-state index in [1.807, 2.05) is 6.07 Å². The molecule has 0 aliphatic carbocycles. The second-order valence-electron chi connectivity index (χ2n) is 7.26. The van der Waals surface area contributed by atoms with E-state index in [1.54, 1.807) is 55.6 Å². The number of fused-ring (bicyclic) bond motifs is 1. The van der Waals surface area contributed by atoms with Gasteiger partial charge in [-0.2, -0.15) is 0 Å². The third-order valence-electron chi connectivity index (χ3n) is 5.00. The van der Waals surface area contributed by atoms with Crippen LogP contribution in [-0.2, 0) is 10.0 Å². The van der Waals surface area contributed by atoms with E-state index in [-0.39, 0.29) is 22.0 Å². The van der Waals surface area contributed by atoms with Gasteiger partial charge in [0, 0.05) is 29.4 Å². The molecule has 4 rings (SSSR count). The van der Waals surface area contributed by atoms with Gasteiger partial charge in [-0.15, -0.1) is 0 Å². The third-order valence-corrected chi connectivity index (χ3v) is 6.54. The number of hydrogen-bond acceptors (Lipinski definition) is 6. The Balaban J connectivity index is 1.74. The lowest BCUT2D eigenvalue weighted by Gasteiger charge is -2.13. The number of aromatic carboxylic acids is 1. The Labute approximate surface area is 196 Å². The number of pyridine rings is 2. The lowest BCUT2D eigenvalue weighted by atomic mass is 10.1. The van der Waals surface area contributed by atoms with Crippen molar-refractivity contribution in [2.45, 2.75) is 11.8 Å². The highest BCUT2D eigenvalue weighted by Gasteiger charge is 2.22. The molecule has 0 spiro atoms. The van der Waals surface area contributed by atoms with Crippen molar-refractivity contribution in [3.8, 4) is 17.6 Å². The molecule has 0 saturated carbocycles. The van der Waals surface area contributed by atoms with E-state index in [0.29, 0.717) is 27.6 Å². The molecule has 0 bridgehead atoms. The van der Waals surface area contributed by atoms with Crippen LogP contribution in [0.4, 0.5) is 5.69 Å². The number of para-hydroxylation sites is 1. The van der Waals surface area contributed by atoms with Gasteiger partial charge in [-0.05, 0) is 30.7 Å². The smallest absolute Gasteiger partial charge is 0.354 e. The van der Waals surface area contributed by atoms with Crippen molar-refractivity contribution in [1.29, 1.82) is 0 Å². The maximum atomic E-state index is 13.4. The van der Waals surface area contributed by atoms with Crippen LogP contribution in [-0.4, -0.2) is 36.6 Å². The molecule has 0 aliphatic heterocycles. The molecule has 170 valence electrons. The first kappa shape index (κ1) is 22.8. The number of rotatable bonds is 5. The fourth-order valence-corrected chi connectivity index (χ4v) is 4.87. The van der Waals surface area contributed by atoms with Gasteiger partial charge in [-0.1, -0.05) is 42.2 Å². The number of carboxylic acid groups (broad SMARTS) is 1. The molecule has 2 aromatic heterocycles. The Kier molecular flexibility index (Phi) is 6.17. The van der Waals surface area contributed by atoms with E-state index < -0.39 is 16.0 Å². The Morgan fingerprint density at radius 1 is 1.03 bits per heavy atom. The zero-order valence-electron chi connectivity index (χ0n) is 18.2. The van der Waals surface area contributed by atoms with E-state index in [0.717, 1.165) is 0 Å². The summed E-state index contributed by atoms with van der Waals surface area (Å²) < 4.78 is 34.6. The topological polar surface area (TPSA) is 118 Å². The van der Waals surface area contributed by atoms with Crippen LogP contribution >= 0.6 is 0 Å². The highest BCUT2D eigenvalue weighted by molar-refractivity contribution is 7.93. The molecule has 2 aromatic carbocycles. The fourth-order valence-electron chi connectivity index (χ4n) is 3.39. The molecule has 0 unspecified atom stereocenters. The lowest BCUT2D eigenvalue weighted by molar-refractivity contribution is 0.0690. The molecule has 2 heterocycles.